The molecule has 0 spiro atoms. The van der Waals surface area contributed by atoms with Gasteiger partial charge in [0, 0.05) is 16.6 Å². The van der Waals surface area contributed by atoms with E-state index >= 15 is 0 Å². The lowest BCUT2D eigenvalue weighted by molar-refractivity contribution is 0.854. The zero-order chi connectivity index (χ0) is 15.6. The summed E-state index contributed by atoms with van der Waals surface area (Å²) < 4.78 is 2.13. The Kier molecular flexibility index (Phi) is 3.52. The van der Waals surface area contributed by atoms with Gasteiger partial charge in [0.05, 0.1) is 16.9 Å². The number of para-hydroxylation sites is 2. The molecule has 2 nitrogen and oxygen atoms in total. The number of halogens is 1. The van der Waals surface area contributed by atoms with Crippen LogP contribution in [0.5, 0.6) is 0 Å². The highest BCUT2D eigenvalue weighted by molar-refractivity contribution is 6.31. The third-order valence-corrected chi connectivity index (χ3v) is 4.09. The van der Waals surface area contributed by atoms with Crippen molar-refractivity contribution in [1.29, 1.82) is 0 Å². The van der Waals surface area contributed by atoms with Gasteiger partial charge in [-0.1, -0.05) is 54.1 Å². The summed E-state index contributed by atoms with van der Waals surface area (Å²) >= 11 is 6.21. The van der Waals surface area contributed by atoms with E-state index < -0.39 is 0 Å². The number of aromatic nitrogens is 1. The van der Waals surface area contributed by atoms with Crippen molar-refractivity contribution in [2.75, 3.05) is 5.01 Å². The van der Waals surface area contributed by atoms with Crippen molar-refractivity contribution < 1.29 is 0 Å². The van der Waals surface area contributed by atoms with Crippen molar-refractivity contribution in [1.82, 2.24) is 4.68 Å². The summed E-state index contributed by atoms with van der Waals surface area (Å²) in [6, 6.07) is 28.7. The van der Waals surface area contributed by atoms with E-state index in [1.807, 2.05) is 54.6 Å². The number of hydrogen-bond donors (Lipinski definition) is 0. The molecule has 4 aromatic rings. The Balaban J connectivity index is 1.96. The monoisotopic (exact) mass is 318 g/mol. The van der Waals surface area contributed by atoms with E-state index in [2.05, 4.69) is 46.2 Å². The predicted molar refractivity (Wildman–Crippen MR) is 97.4 cm³/mol. The molecule has 0 aliphatic heterocycles. The maximum Gasteiger partial charge on any atom is 0.0717 e. The topological polar surface area (TPSA) is 8.17 Å². The van der Waals surface area contributed by atoms with Crippen LogP contribution in [0, 0.1) is 0 Å². The number of nitrogens with zero attached hydrogens (tertiary/aromatic N) is 2. The summed E-state index contributed by atoms with van der Waals surface area (Å²) in [4.78, 5) is 0. The molecule has 112 valence electrons. The van der Waals surface area contributed by atoms with Crippen LogP contribution in [0.2, 0.25) is 5.02 Å². The van der Waals surface area contributed by atoms with Crippen LogP contribution >= 0.6 is 11.6 Å². The molecule has 0 aliphatic carbocycles. The molecule has 23 heavy (non-hydrogen) atoms. The van der Waals surface area contributed by atoms with E-state index in [1.54, 1.807) is 0 Å². The second-order valence-electron chi connectivity index (χ2n) is 5.35. The molecule has 0 amide bonds. The van der Waals surface area contributed by atoms with Gasteiger partial charge in [-0.3, -0.25) is 4.68 Å². The maximum absolute atomic E-state index is 6.21. The van der Waals surface area contributed by atoms with E-state index in [-0.39, 0.29) is 0 Å². The van der Waals surface area contributed by atoms with Crippen LogP contribution in [0.4, 0.5) is 11.4 Å². The first-order valence-electron chi connectivity index (χ1n) is 7.50. The second-order valence-corrected chi connectivity index (χ2v) is 5.78. The van der Waals surface area contributed by atoms with Crippen LogP contribution in [0.25, 0.3) is 10.9 Å². The van der Waals surface area contributed by atoms with Crippen molar-refractivity contribution >= 4 is 33.9 Å². The van der Waals surface area contributed by atoms with Gasteiger partial charge in [0.25, 0.3) is 0 Å². The van der Waals surface area contributed by atoms with Gasteiger partial charge in [-0.05, 0) is 42.5 Å². The van der Waals surface area contributed by atoms with Crippen LogP contribution in [0.3, 0.4) is 0 Å². The number of anilines is 2. The highest BCUT2D eigenvalue weighted by Gasteiger charge is 2.13. The number of fused-ring (bicyclic) bond motifs is 1. The zero-order valence-corrected chi connectivity index (χ0v) is 13.2. The maximum atomic E-state index is 6.21. The van der Waals surface area contributed by atoms with Crippen molar-refractivity contribution in [3.8, 4) is 0 Å². The van der Waals surface area contributed by atoms with Gasteiger partial charge < -0.3 is 0 Å². The summed E-state index contributed by atoms with van der Waals surface area (Å²) in [6.45, 7) is 0. The van der Waals surface area contributed by atoms with Gasteiger partial charge in [-0.25, -0.2) is 5.01 Å². The van der Waals surface area contributed by atoms with Gasteiger partial charge in [0.15, 0.2) is 0 Å². The average molecular weight is 319 g/mol. The van der Waals surface area contributed by atoms with E-state index in [1.165, 1.54) is 0 Å². The number of rotatable bonds is 3. The second kappa shape index (κ2) is 5.82. The van der Waals surface area contributed by atoms with Crippen LogP contribution in [0.15, 0.2) is 91.1 Å². The predicted octanol–water partition coefficient (Wildman–Crippen LogP) is 5.90. The molecule has 1 aromatic heterocycles. The SMILES string of the molecule is Clc1ccc2ccn(N(c3ccccc3)c3ccccc3)c2c1. The van der Waals surface area contributed by atoms with Crippen molar-refractivity contribution in [3.63, 3.8) is 0 Å². The fraction of sp³-hybridized carbons (Fsp3) is 0. The minimum absolute atomic E-state index is 0.735. The Bertz CT molecular complexity index is 890. The Labute approximate surface area is 140 Å². The summed E-state index contributed by atoms with van der Waals surface area (Å²) in [5.74, 6) is 0. The lowest BCUT2D eigenvalue weighted by Crippen LogP contribution is -2.23. The molecule has 3 heteroatoms. The van der Waals surface area contributed by atoms with Gasteiger partial charge in [0.2, 0.25) is 0 Å². The van der Waals surface area contributed by atoms with E-state index in [0.29, 0.717) is 0 Å². The summed E-state index contributed by atoms with van der Waals surface area (Å²) in [5.41, 5.74) is 3.26. The molecular formula is C20H15ClN2. The van der Waals surface area contributed by atoms with E-state index in [0.717, 1.165) is 27.3 Å². The fourth-order valence-corrected chi connectivity index (χ4v) is 2.96. The third-order valence-electron chi connectivity index (χ3n) is 3.85. The number of benzene rings is 3. The van der Waals surface area contributed by atoms with Gasteiger partial charge in [-0.2, -0.15) is 0 Å². The van der Waals surface area contributed by atoms with E-state index in [4.69, 9.17) is 11.6 Å². The third kappa shape index (κ3) is 2.58. The Hall–Kier alpha value is -2.71. The largest absolute Gasteiger partial charge is 0.256 e. The standard InChI is InChI=1S/C20H15ClN2/c21-17-12-11-16-13-14-22(20(16)15-17)23(18-7-3-1-4-8-18)19-9-5-2-6-10-19/h1-15H. The molecular weight excluding hydrogens is 304 g/mol. The molecule has 0 bridgehead atoms. The van der Waals surface area contributed by atoms with Crippen LogP contribution in [-0.4, -0.2) is 4.68 Å². The van der Waals surface area contributed by atoms with Gasteiger partial charge in [-0.15, -0.1) is 0 Å². The summed E-state index contributed by atoms with van der Waals surface area (Å²) in [7, 11) is 0. The highest BCUT2D eigenvalue weighted by Crippen LogP contribution is 2.30. The Morgan fingerprint density at radius 3 is 1.91 bits per heavy atom. The molecule has 0 radical (unpaired) electrons. The van der Waals surface area contributed by atoms with Crippen molar-refractivity contribution in [2.24, 2.45) is 0 Å². The molecule has 0 saturated heterocycles. The van der Waals surface area contributed by atoms with Crippen molar-refractivity contribution in [3.05, 3.63) is 96.1 Å². The molecule has 0 fully saturated rings. The van der Waals surface area contributed by atoms with Gasteiger partial charge in [0.1, 0.15) is 0 Å². The van der Waals surface area contributed by atoms with E-state index in [9.17, 15) is 0 Å². The zero-order valence-electron chi connectivity index (χ0n) is 12.4. The van der Waals surface area contributed by atoms with Crippen molar-refractivity contribution in [2.45, 2.75) is 0 Å². The molecule has 3 aromatic carbocycles. The van der Waals surface area contributed by atoms with Crippen LogP contribution in [0.1, 0.15) is 0 Å². The average Bonchev–Trinajstić information content (AvgIpc) is 3.00. The first kappa shape index (κ1) is 13.9. The molecule has 0 atom stereocenters. The van der Waals surface area contributed by atoms with Crippen LogP contribution in [-0.2, 0) is 0 Å². The lowest BCUT2D eigenvalue weighted by atomic mass is 10.2. The normalized spacial score (nSPS) is 10.8. The fourth-order valence-electron chi connectivity index (χ4n) is 2.80. The Morgan fingerprint density at radius 1 is 0.696 bits per heavy atom. The minimum atomic E-state index is 0.735. The molecule has 0 aliphatic rings. The lowest BCUT2D eigenvalue weighted by Gasteiger charge is -2.27. The van der Waals surface area contributed by atoms with Crippen LogP contribution < -0.4 is 5.01 Å². The highest BCUT2D eigenvalue weighted by atomic mass is 35.5. The Morgan fingerprint density at radius 2 is 1.30 bits per heavy atom. The first-order valence-corrected chi connectivity index (χ1v) is 7.88. The molecule has 0 N–H and O–H groups in total. The number of hydrogen-bond acceptors (Lipinski definition) is 1. The molecule has 0 unspecified atom stereocenters. The molecule has 0 saturated carbocycles. The minimum Gasteiger partial charge on any atom is -0.256 e. The summed E-state index contributed by atoms with van der Waals surface area (Å²) in [5, 5.41) is 4.07. The summed E-state index contributed by atoms with van der Waals surface area (Å²) in [6.07, 6.45) is 2.07. The first-order chi connectivity index (χ1) is 11.3. The quantitative estimate of drug-likeness (QED) is 0.457. The molecule has 1 heterocycles. The smallest absolute Gasteiger partial charge is 0.0717 e. The molecule has 4 rings (SSSR count). The van der Waals surface area contributed by atoms with Gasteiger partial charge >= 0.3 is 0 Å².